The summed E-state index contributed by atoms with van der Waals surface area (Å²) in [5.41, 5.74) is 6.90. The van der Waals surface area contributed by atoms with Crippen LogP contribution in [0, 0.1) is 10.1 Å². The summed E-state index contributed by atoms with van der Waals surface area (Å²) in [4.78, 5) is 36.0. The molecule has 0 spiro atoms. The molecule has 2 aromatic carbocycles. The SMILES string of the molecule is N/C(=N/N=C\c1ccc([N+](=O)[O-])cc1)S[C@@H]1CC(=O)N(c2ccccc2)C1=O. The molecular weight excluding hydrogens is 382 g/mol. The lowest BCUT2D eigenvalue weighted by Crippen LogP contribution is -2.31. The van der Waals surface area contributed by atoms with Gasteiger partial charge in [0.05, 0.1) is 16.8 Å². The number of carbonyl (C=O) groups excluding carboxylic acids is 2. The zero-order chi connectivity index (χ0) is 20.1. The van der Waals surface area contributed by atoms with Crippen molar-refractivity contribution in [2.75, 3.05) is 4.90 Å². The van der Waals surface area contributed by atoms with Crippen molar-refractivity contribution < 1.29 is 14.5 Å². The second kappa shape index (κ2) is 8.44. The van der Waals surface area contributed by atoms with Crippen LogP contribution in [-0.4, -0.2) is 33.4 Å². The van der Waals surface area contributed by atoms with Gasteiger partial charge >= 0.3 is 0 Å². The fourth-order valence-electron chi connectivity index (χ4n) is 2.55. The summed E-state index contributed by atoms with van der Waals surface area (Å²) in [6, 6.07) is 14.4. The number of thioether (sulfide) groups is 1. The van der Waals surface area contributed by atoms with Crippen LogP contribution in [0.5, 0.6) is 0 Å². The number of nitrogens with two attached hydrogens (primary N) is 1. The molecule has 1 atom stereocenters. The first-order valence-corrected chi connectivity index (χ1v) is 9.03. The molecule has 0 radical (unpaired) electrons. The molecular formula is C18H15N5O4S. The lowest BCUT2D eigenvalue weighted by Gasteiger charge is -2.14. The van der Waals surface area contributed by atoms with Gasteiger partial charge in [-0.25, -0.2) is 4.90 Å². The summed E-state index contributed by atoms with van der Waals surface area (Å²) in [5.74, 6) is -0.644. The van der Waals surface area contributed by atoms with E-state index in [1.807, 2.05) is 0 Å². The van der Waals surface area contributed by atoms with Gasteiger partial charge in [-0.3, -0.25) is 19.7 Å². The predicted molar refractivity (Wildman–Crippen MR) is 107 cm³/mol. The van der Waals surface area contributed by atoms with Gasteiger partial charge in [0.1, 0.15) is 5.25 Å². The minimum atomic E-state index is -0.661. The quantitative estimate of drug-likeness (QED) is 0.271. The summed E-state index contributed by atoms with van der Waals surface area (Å²) in [7, 11) is 0. The first kappa shape index (κ1) is 19.2. The molecule has 1 saturated heterocycles. The number of nitro groups is 1. The number of nitro benzene ring substituents is 1. The zero-order valence-electron chi connectivity index (χ0n) is 14.5. The summed E-state index contributed by atoms with van der Waals surface area (Å²) >= 11 is 0.972. The van der Waals surface area contributed by atoms with E-state index in [0.717, 1.165) is 16.7 Å². The molecule has 2 N–H and O–H groups in total. The Balaban J connectivity index is 1.62. The Bertz CT molecular complexity index is 960. The normalized spacial score (nSPS) is 17.5. The summed E-state index contributed by atoms with van der Waals surface area (Å²) < 4.78 is 0. The van der Waals surface area contributed by atoms with Crippen molar-refractivity contribution in [1.29, 1.82) is 0 Å². The van der Waals surface area contributed by atoms with Gasteiger partial charge in [-0.1, -0.05) is 30.0 Å². The van der Waals surface area contributed by atoms with E-state index in [-0.39, 0.29) is 29.1 Å². The van der Waals surface area contributed by atoms with Crippen molar-refractivity contribution in [1.82, 2.24) is 0 Å². The van der Waals surface area contributed by atoms with Crippen molar-refractivity contribution in [3.8, 4) is 0 Å². The van der Waals surface area contributed by atoms with E-state index < -0.39 is 10.2 Å². The standard InChI is InChI=1S/C18H15N5O4S/c19-18(21-20-11-12-6-8-14(9-7-12)23(26)27)28-15-10-16(24)22(17(15)25)13-4-2-1-3-5-13/h1-9,11,15H,10H2,(H2,19,21)/b20-11-/t15-/m1/s1. The highest BCUT2D eigenvalue weighted by Crippen LogP contribution is 2.29. The first-order valence-electron chi connectivity index (χ1n) is 8.15. The largest absolute Gasteiger partial charge is 0.377 e. The van der Waals surface area contributed by atoms with Gasteiger partial charge in [0.15, 0.2) is 5.17 Å². The number of benzene rings is 2. The van der Waals surface area contributed by atoms with Crippen LogP contribution in [0.3, 0.4) is 0 Å². The number of hydrogen-bond donors (Lipinski definition) is 1. The molecule has 1 fully saturated rings. The Labute approximate surface area is 164 Å². The number of carbonyl (C=O) groups is 2. The van der Waals surface area contributed by atoms with Gasteiger partial charge < -0.3 is 5.73 Å². The number of amidine groups is 1. The number of para-hydroxylation sites is 1. The highest BCUT2D eigenvalue weighted by Gasteiger charge is 2.40. The minimum Gasteiger partial charge on any atom is -0.377 e. The van der Waals surface area contributed by atoms with Crippen LogP contribution in [0.1, 0.15) is 12.0 Å². The molecule has 0 bridgehead atoms. The van der Waals surface area contributed by atoms with Crippen molar-refractivity contribution in [2.24, 2.45) is 15.9 Å². The molecule has 28 heavy (non-hydrogen) atoms. The molecule has 0 aliphatic carbocycles. The topological polar surface area (TPSA) is 131 Å². The molecule has 1 aliphatic rings. The molecule has 1 heterocycles. The Hall–Kier alpha value is -3.53. The highest BCUT2D eigenvalue weighted by molar-refractivity contribution is 8.14. The summed E-state index contributed by atoms with van der Waals surface area (Å²) in [6.07, 6.45) is 1.41. The first-order chi connectivity index (χ1) is 13.5. The maximum absolute atomic E-state index is 12.5. The van der Waals surface area contributed by atoms with Gasteiger partial charge in [0.25, 0.3) is 5.69 Å². The number of non-ortho nitro benzene ring substituents is 1. The molecule has 2 aromatic rings. The van der Waals surface area contributed by atoms with Gasteiger partial charge in [0.2, 0.25) is 11.8 Å². The molecule has 0 aromatic heterocycles. The van der Waals surface area contributed by atoms with Crippen LogP contribution >= 0.6 is 11.8 Å². The number of amides is 2. The molecule has 2 amide bonds. The van der Waals surface area contributed by atoms with Crippen LogP contribution in [-0.2, 0) is 9.59 Å². The van der Waals surface area contributed by atoms with Crippen molar-refractivity contribution >= 4 is 46.3 Å². The molecule has 10 heteroatoms. The van der Waals surface area contributed by atoms with E-state index in [1.165, 1.54) is 30.5 Å². The summed E-state index contributed by atoms with van der Waals surface area (Å²) in [5, 5.41) is 17.6. The monoisotopic (exact) mass is 397 g/mol. The van der Waals surface area contributed by atoms with Gasteiger partial charge in [-0.15, -0.1) is 5.10 Å². The molecule has 0 unspecified atom stereocenters. The predicted octanol–water partition coefficient (Wildman–Crippen LogP) is 2.31. The van der Waals surface area contributed by atoms with Crippen molar-refractivity contribution in [3.05, 3.63) is 70.3 Å². The van der Waals surface area contributed by atoms with Crippen LogP contribution < -0.4 is 10.6 Å². The van der Waals surface area contributed by atoms with E-state index in [2.05, 4.69) is 10.2 Å². The zero-order valence-corrected chi connectivity index (χ0v) is 15.3. The third kappa shape index (κ3) is 4.41. The third-order valence-electron chi connectivity index (χ3n) is 3.85. The van der Waals surface area contributed by atoms with E-state index in [9.17, 15) is 19.7 Å². The van der Waals surface area contributed by atoms with Crippen molar-refractivity contribution in [3.63, 3.8) is 0 Å². The van der Waals surface area contributed by atoms with E-state index >= 15 is 0 Å². The Morgan fingerprint density at radius 3 is 2.50 bits per heavy atom. The Kier molecular flexibility index (Phi) is 5.80. The minimum absolute atomic E-state index is 0.0249. The second-order valence-electron chi connectivity index (χ2n) is 5.75. The van der Waals surface area contributed by atoms with Gasteiger partial charge in [0, 0.05) is 18.6 Å². The Morgan fingerprint density at radius 1 is 1.18 bits per heavy atom. The summed E-state index contributed by atoms with van der Waals surface area (Å²) in [6.45, 7) is 0. The fourth-order valence-corrected chi connectivity index (χ4v) is 3.37. The second-order valence-corrected chi connectivity index (χ2v) is 6.97. The maximum atomic E-state index is 12.5. The maximum Gasteiger partial charge on any atom is 0.269 e. The third-order valence-corrected chi connectivity index (χ3v) is 4.83. The molecule has 3 rings (SSSR count). The van der Waals surface area contributed by atoms with Crippen LogP contribution in [0.15, 0.2) is 64.8 Å². The van der Waals surface area contributed by atoms with E-state index in [4.69, 9.17) is 5.73 Å². The number of imide groups is 1. The smallest absolute Gasteiger partial charge is 0.269 e. The number of rotatable bonds is 5. The van der Waals surface area contributed by atoms with Crippen molar-refractivity contribution in [2.45, 2.75) is 11.7 Å². The van der Waals surface area contributed by atoms with Gasteiger partial charge in [-0.05, 0) is 29.8 Å². The van der Waals surface area contributed by atoms with Crippen LogP contribution in [0.4, 0.5) is 11.4 Å². The van der Waals surface area contributed by atoms with E-state index in [0.29, 0.717) is 11.3 Å². The molecule has 9 nitrogen and oxygen atoms in total. The number of anilines is 1. The average molecular weight is 397 g/mol. The molecule has 142 valence electrons. The van der Waals surface area contributed by atoms with E-state index in [1.54, 1.807) is 30.3 Å². The Morgan fingerprint density at radius 2 is 1.86 bits per heavy atom. The number of hydrogen-bond acceptors (Lipinski definition) is 7. The lowest BCUT2D eigenvalue weighted by molar-refractivity contribution is -0.384. The van der Waals surface area contributed by atoms with Crippen LogP contribution in [0.2, 0.25) is 0 Å². The lowest BCUT2D eigenvalue weighted by atomic mass is 10.2. The molecule has 0 saturated carbocycles. The highest BCUT2D eigenvalue weighted by atomic mass is 32.2. The fraction of sp³-hybridized carbons (Fsp3) is 0.111. The molecule has 1 aliphatic heterocycles. The average Bonchev–Trinajstić information content (AvgIpc) is 2.96. The van der Waals surface area contributed by atoms with Gasteiger partial charge in [-0.2, -0.15) is 5.10 Å². The number of nitrogens with zero attached hydrogens (tertiary/aromatic N) is 4. The van der Waals surface area contributed by atoms with Crippen LogP contribution in [0.25, 0.3) is 0 Å².